The van der Waals surface area contributed by atoms with E-state index < -0.39 is 11.7 Å². The number of halogens is 3. The molecule has 24 heavy (non-hydrogen) atoms. The van der Waals surface area contributed by atoms with E-state index in [1.807, 2.05) is 4.90 Å². The van der Waals surface area contributed by atoms with Crippen LogP contribution in [0.2, 0.25) is 0 Å². The summed E-state index contributed by atoms with van der Waals surface area (Å²) in [5.74, 6) is 0.316. The first-order valence-corrected chi connectivity index (χ1v) is 7.53. The summed E-state index contributed by atoms with van der Waals surface area (Å²) in [5, 5.41) is 0. The maximum Gasteiger partial charge on any atom is 0.416 e. The first-order valence-electron chi connectivity index (χ1n) is 7.53. The Kier molecular flexibility index (Phi) is 4.73. The van der Waals surface area contributed by atoms with Gasteiger partial charge in [0, 0.05) is 25.2 Å². The zero-order valence-electron chi connectivity index (χ0n) is 12.8. The fraction of sp³-hybridized carbons (Fsp3) is 0.353. The summed E-state index contributed by atoms with van der Waals surface area (Å²) >= 11 is 0. The summed E-state index contributed by atoms with van der Waals surface area (Å²) in [7, 11) is 0. The minimum absolute atomic E-state index is 0.0796. The topological polar surface area (TPSA) is 42.7 Å². The van der Waals surface area contributed by atoms with Crippen LogP contribution in [0.4, 0.5) is 13.2 Å². The number of nitrogens with zero attached hydrogens (tertiary/aromatic N) is 1. The zero-order chi connectivity index (χ0) is 17.2. The minimum atomic E-state index is -4.46. The van der Waals surface area contributed by atoms with Crippen LogP contribution in [0.25, 0.3) is 11.3 Å². The summed E-state index contributed by atoms with van der Waals surface area (Å²) < 4.78 is 50.8. The molecule has 0 bridgehead atoms. The number of ether oxygens (including phenoxy) is 1. The van der Waals surface area contributed by atoms with Gasteiger partial charge in [0.25, 0.3) is 0 Å². The Labute approximate surface area is 136 Å². The van der Waals surface area contributed by atoms with Crippen LogP contribution < -0.4 is 0 Å². The van der Waals surface area contributed by atoms with Gasteiger partial charge in [-0.1, -0.05) is 12.1 Å². The average molecular weight is 339 g/mol. The van der Waals surface area contributed by atoms with Crippen LogP contribution in [0.15, 0.2) is 34.7 Å². The molecule has 0 amide bonds. The third-order valence-corrected chi connectivity index (χ3v) is 3.94. The number of hydrogen-bond acceptors (Lipinski definition) is 4. The lowest BCUT2D eigenvalue weighted by atomic mass is 10.0. The smallest absolute Gasteiger partial charge is 0.416 e. The van der Waals surface area contributed by atoms with Crippen molar-refractivity contribution in [2.24, 2.45) is 0 Å². The highest BCUT2D eigenvalue weighted by atomic mass is 19.4. The minimum Gasteiger partial charge on any atom is -0.453 e. The van der Waals surface area contributed by atoms with Crippen LogP contribution in [0.5, 0.6) is 0 Å². The molecule has 0 aliphatic carbocycles. The summed E-state index contributed by atoms with van der Waals surface area (Å²) in [6.07, 6.45) is -3.95. The SMILES string of the molecule is O=Cc1ccc(-c2ccc(CN3CCOCC3)c(C(F)(F)F)c2)o1. The zero-order valence-corrected chi connectivity index (χ0v) is 12.8. The molecule has 0 spiro atoms. The first-order chi connectivity index (χ1) is 11.5. The molecular formula is C17H16F3NO3. The van der Waals surface area contributed by atoms with Gasteiger partial charge in [0.05, 0.1) is 18.8 Å². The van der Waals surface area contributed by atoms with E-state index in [0.717, 1.165) is 6.07 Å². The molecule has 2 heterocycles. The van der Waals surface area contributed by atoms with Crippen molar-refractivity contribution in [2.45, 2.75) is 12.7 Å². The van der Waals surface area contributed by atoms with Crippen LogP contribution in [-0.2, 0) is 17.5 Å². The average Bonchev–Trinajstić information content (AvgIpc) is 3.04. The lowest BCUT2D eigenvalue weighted by Gasteiger charge is -2.27. The van der Waals surface area contributed by atoms with E-state index in [0.29, 0.717) is 38.2 Å². The summed E-state index contributed by atoms with van der Waals surface area (Å²) in [4.78, 5) is 12.6. The second-order valence-corrected chi connectivity index (χ2v) is 5.58. The van der Waals surface area contributed by atoms with Crippen molar-refractivity contribution in [2.75, 3.05) is 26.3 Å². The van der Waals surface area contributed by atoms with Gasteiger partial charge in [-0.3, -0.25) is 9.69 Å². The third-order valence-electron chi connectivity index (χ3n) is 3.94. The fourth-order valence-electron chi connectivity index (χ4n) is 2.70. The van der Waals surface area contributed by atoms with Gasteiger partial charge in [0.2, 0.25) is 0 Å². The van der Waals surface area contributed by atoms with E-state index in [9.17, 15) is 18.0 Å². The number of hydrogen-bond donors (Lipinski definition) is 0. The largest absolute Gasteiger partial charge is 0.453 e. The van der Waals surface area contributed by atoms with Crippen molar-refractivity contribution in [3.05, 3.63) is 47.2 Å². The Morgan fingerprint density at radius 2 is 1.88 bits per heavy atom. The van der Waals surface area contributed by atoms with Crippen molar-refractivity contribution < 1.29 is 27.1 Å². The molecule has 7 heteroatoms. The highest BCUT2D eigenvalue weighted by Crippen LogP contribution is 2.36. The number of furan rings is 1. The number of benzene rings is 1. The normalized spacial score (nSPS) is 16.3. The number of rotatable bonds is 4. The number of carbonyl (C=O) groups excluding carboxylic acids is 1. The van der Waals surface area contributed by atoms with Gasteiger partial charge >= 0.3 is 6.18 Å². The predicted octanol–water partition coefficient (Wildman–Crippen LogP) is 3.61. The molecule has 2 aromatic rings. The Bertz CT molecular complexity index is 718. The molecular weight excluding hydrogens is 323 g/mol. The van der Waals surface area contributed by atoms with Gasteiger partial charge in [0.15, 0.2) is 12.0 Å². The Morgan fingerprint density at radius 1 is 1.12 bits per heavy atom. The number of aldehydes is 1. The van der Waals surface area contributed by atoms with Crippen LogP contribution in [0.3, 0.4) is 0 Å². The van der Waals surface area contributed by atoms with Crippen molar-refractivity contribution in [1.29, 1.82) is 0 Å². The Balaban J connectivity index is 1.92. The fourth-order valence-corrected chi connectivity index (χ4v) is 2.70. The summed E-state index contributed by atoms with van der Waals surface area (Å²) in [6.45, 7) is 2.50. The molecule has 3 rings (SSSR count). The van der Waals surface area contributed by atoms with Crippen LogP contribution in [-0.4, -0.2) is 37.5 Å². The molecule has 0 radical (unpaired) electrons. The second-order valence-electron chi connectivity index (χ2n) is 5.58. The van der Waals surface area contributed by atoms with Gasteiger partial charge in [-0.25, -0.2) is 0 Å². The lowest BCUT2D eigenvalue weighted by Crippen LogP contribution is -2.36. The molecule has 1 aromatic heterocycles. The van der Waals surface area contributed by atoms with E-state index in [1.54, 1.807) is 6.07 Å². The monoisotopic (exact) mass is 339 g/mol. The first kappa shape index (κ1) is 16.7. The summed E-state index contributed by atoms with van der Waals surface area (Å²) in [6, 6.07) is 7.04. The number of morpholine rings is 1. The van der Waals surface area contributed by atoms with Gasteiger partial charge in [-0.05, 0) is 23.8 Å². The molecule has 1 aliphatic rings. The maximum absolute atomic E-state index is 13.4. The Morgan fingerprint density at radius 3 is 2.50 bits per heavy atom. The van der Waals surface area contributed by atoms with Gasteiger partial charge < -0.3 is 9.15 Å². The second kappa shape index (κ2) is 6.78. The molecule has 4 nitrogen and oxygen atoms in total. The number of carbonyl (C=O) groups is 1. The van der Waals surface area contributed by atoms with Gasteiger partial charge in [-0.15, -0.1) is 0 Å². The molecule has 0 unspecified atom stereocenters. The van der Waals surface area contributed by atoms with Crippen molar-refractivity contribution in [3.63, 3.8) is 0 Å². The van der Waals surface area contributed by atoms with Crippen LogP contribution in [0.1, 0.15) is 21.7 Å². The van der Waals surface area contributed by atoms with Crippen molar-refractivity contribution >= 4 is 6.29 Å². The van der Waals surface area contributed by atoms with Crippen LogP contribution in [0, 0.1) is 0 Å². The molecule has 1 aliphatic heterocycles. The molecule has 1 fully saturated rings. The third kappa shape index (κ3) is 3.68. The highest BCUT2D eigenvalue weighted by Gasteiger charge is 2.34. The Hall–Kier alpha value is -2.12. The quantitative estimate of drug-likeness (QED) is 0.798. The molecule has 0 N–H and O–H groups in total. The molecule has 0 saturated carbocycles. The standard InChI is InChI=1S/C17H16F3NO3/c18-17(19,20)15-9-12(16-4-3-14(11-22)24-16)1-2-13(15)10-21-5-7-23-8-6-21/h1-4,9,11H,5-8,10H2. The lowest BCUT2D eigenvalue weighted by molar-refractivity contribution is -0.138. The summed E-state index contributed by atoms with van der Waals surface area (Å²) in [5.41, 5.74) is -0.174. The van der Waals surface area contributed by atoms with E-state index in [1.165, 1.54) is 18.2 Å². The molecule has 0 atom stereocenters. The molecule has 1 saturated heterocycles. The van der Waals surface area contributed by atoms with E-state index in [2.05, 4.69) is 0 Å². The van der Waals surface area contributed by atoms with Crippen molar-refractivity contribution in [1.82, 2.24) is 4.90 Å². The van der Waals surface area contributed by atoms with Crippen LogP contribution >= 0.6 is 0 Å². The van der Waals surface area contributed by atoms with E-state index in [-0.39, 0.29) is 23.6 Å². The molecule has 1 aromatic carbocycles. The maximum atomic E-state index is 13.4. The predicted molar refractivity (Wildman–Crippen MR) is 80.6 cm³/mol. The van der Waals surface area contributed by atoms with Gasteiger partial charge in [0.1, 0.15) is 5.76 Å². The molecule has 128 valence electrons. The van der Waals surface area contributed by atoms with Gasteiger partial charge in [-0.2, -0.15) is 13.2 Å². The number of alkyl halides is 3. The van der Waals surface area contributed by atoms with E-state index in [4.69, 9.17) is 9.15 Å². The van der Waals surface area contributed by atoms with Crippen molar-refractivity contribution in [3.8, 4) is 11.3 Å². The highest BCUT2D eigenvalue weighted by molar-refractivity contribution is 5.73. The van der Waals surface area contributed by atoms with E-state index >= 15 is 0 Å².